The summed E-state index contributed by atoms with van der Waals surface area (Å²) in [5, 5.41) is 20.2. The van der Waals surface area contributed by atoms with Gasteiger partial charge in [-0.05, 0) is 49.4 Å². The molecule has 2 unspecified atom stereocenters. The van der Waals surface area contributed by atoms with Crippen LogP contribution in [0.15, 0.2) is 42.5 Å². The van der Waals surface area contributed by atoms with Gasteiger partial charge in [0.2, 0.25) is 0 Å². The standard InChI is InChI=1S/C26H18ClF5N4O3/c1-10(37)23-16-9-18(33-24(38)11-5-12(26(30,31)32)7-14(29)6-11)19-20(22(16)35-36(23)2)25(39)34-21(19)15-8-13(28)3-4-17(15)27/h3-10,21,37H,1-2H3,(H,33,38)(H,34,39). The second-order valence-corrected chi connectivity index (χ2v) is 9.45. The van der Waals surface area contributed by atoms with Gasteiger partial charge in [-0.15, -0.1) is 0 Å². The molecule has 202 valence electrons. The average Bonchev–Trinajstić information content (AvgIpc) is 3.36. The van der Waals surface area contributed by atoms with E-state index >= 15 is 0 Å². The molecule has 7 nitrogen and oxygen atoms in total. The summed E-state index contributed by atoms with van der Waals surface area (Å²) in [6.07, 6.45) is -5.97. The van der Waals surface area contributed by atoms with Crippen molar-refractivity contribution < 1.29 is 36.6 Å². The molecule has 13 heteroatoms. The van der Waals surface area contributed by atoms with E-state index in [0.717, 1.165) is 12.1 Å². The number of anilines is 1. The molecule has 3 N–H and O–H groups in total. The number of hydrogen-bond acceptors (Lipinski definition) is 4. The Bertz CT molecular complexity index is 1680. The smallest absolute Gasteiger partial charge is 0.387 e. The Kier molecular flexibility index (Phi) is 6.34. The summed E-state index contributed by atoms with van der Waals surface area (Å²) in [5.74, 6) is -3.68. The Labute approximate surface area is 222 Å². The van der Waals surface area contributed by atoms with Crippen LogP contribution in [0, 0.1) is 11.6 Å². The van der Waals surface area contributed by atoms with E-state index < -0.39 is 52.9 Å². The molecule has 0 radical (unpaired) electrons. The zero-order valence-electron chi connectivity index (χ0n) is 20.1. The summed E-state index contributed by atoms with van der Waals surface area (Å²) in [5.41, 5.74) is -1.34. The highest BCUT2D eigenvalue weighted by molar-refractivity contribution is 6.31. The number of rotatable bonds is 4. The molecule has 2 amide bonds. The minimum Gasteiger partial charge on any atom is -0.387 e. The quantitative estimate of drug-likeness (QED) is 0.279. The number of aryl methyl sites for hydroxylation is 1. The van der Waals surface area contributed by atoms with E-state index in [4.69, 9.17) is 11.6 Å². The third-order valence-electron chi connectivity index (χ3n) is 6.41. The number of halogens is 6. The Hall–Kier alpha value is -4.03. The number of carbonyl (C=O) groups excluding carboxylic acids is 2. The molecule has 0 saturated heterocycles. The summed E-state index contributed by atoms with van der Waals surface area (Å²) in [4.78, 5) is 26.4. The number of nitrogens with zero attached hydrogens (tertiary/aromatic N) is 2. The fourth-order valence-corrected chi connectivity index (χ4v) is 5.04. The highest BCUT2D eigenvalue weighted by Crippen LogP contribution is 2.44. The van der Waals surface area contributed by atoms with Crippen molar-refractivity contribution in [2.75, 3.05) is 5.32 Å². The number of benzene rings is 3. The molecule has 0 fully saturated rings. The normalized spacial score (nSPS) is 15.8. The first-order valence-corrected chi connectivity index (χ1v) is 11.8. The highest BCUT2D eigenvalue weighted by Gasteiger charge is 2.38. The van der Waals surface area contributed by atoms with Crippen LogP contribution in [0.3, 0.4) is 0 Å². The van der Waals surface area contributed by atoms with Crippen LogP contribution in [-0.2, 0) is 13.2 Å². The molecule has 0 spiro atoms. The maximum Gasteiger partial charge on any atom is 0.416 e. The van der Waals surface area contributed by atoms with Gasteiger partial charge in [-0.3, -0.25) is 14.3 Å². The molecule has 5 rings (SSSR count). The van der Waals surface area contributed by atoms with Gasteiger partial charge in [-0.2, -0.15) is 18.3 Å². The molecule has 4 aromatic rings. The lowest BCUT2D eigenvalue weighted by Gasteiger charge is -2.19. The zero-order valence-corrected chi connectivity index (χ0v) is 20.9. The first kappa shape index (κ1) is 26.6. The molecular formula is C26H18ClF5N4O3. The number of fused-ring (bicyclic) bond motifs is 3. The van der Waals surface area contributed by atoms with Crippen molar-refractivity contribution in [3.63, 3.8) is 0 Å². The minimum absolute atomic E-state index is 0.00847. The number of aliphatic hydroxyl groups excluding tert-OH is 1. The summed E-state index contributed by atoms with van der Waals surface area (Å²) in [7, 11) is 1.53. The Balaban J connectivity index is 1.73. The number of hydrogen-bond donors (Lipinski definition) is 3. The number of aromatic nitrogens is 2. The van der Waals surface area contributed by atoms with Crippen LogP contribution in [0.25, 0.3) is 10.9 Å². The number of carbonyl (C=O) groups is 2. The van der Waals surface area contributed by atoms with Gasteiger partial charge >= 0.3 is 6.18 Å². The highest BCUT2D eigenvalue weighted by atomic mass is 35.5. The third kappa shape index (κ3) is 4.59. The van der Waals surface area contributed by atoms with Crippen molar-refractivity contribution in [2.45, 2.75) is 25.2 Å². The van der Waals surface area contributed by atoms with E-state index in [2.05, 4.69) is 15.7 Å². The Morgan fingerprint density at radius 1 is 1.15 bits per heavy atom. The SMILES string of the molecule is CC(O)c1c2cc(NC(=O)c3cc(F)cc(C(F)(F)F)c3)c3c(c2nn1C)C(=O)NC3c1cc(F)ccc1Cl. The molecule has 0 saturated carbocycles. The van der Waals surface area contributed by atoms with Crippen molar-refractivity contribution in [1.82, 2.24) is 15.1 Å². The second-order valence-electron chi connectivity index (χ2n) is 9.05. The van der Waals surface area contributed by atoms with Crippen LogP contribution in [0.5, 0.6) is 0 Å². The van der Waals surface area contributed by atoms with Crippen molar-refractivity contribution in [3.8, 4) is 0 Å². The summed E-state index contributed by atoms with van der Waals surface area (Å²) < 4.78 is 69.3. The van der Waals surface area contributed by atoms with Crippen molar-refractivity contribution in [1.29, 1.82) is 0 Å². The van der Waals surface area contributed by atoms with Crippen LogP contribution < -0.4 is 10.6 Å². The van der Waals surface area contributed by atoms with E-state index in [-0.39, 0.29) is 50.1 Å². The molecule has 0 aliphatic carbocycles. The maximum atomic E-state index is 14.2. The van der Waals surface area contributed by atoms with Gasteiger partial charge in [0.1, 0.15) is 17.2 Å². The van der Waals surface area contributed by atoms with E-state index in [1.54, 1.807) is 0 Å². The monoisotopic (exact) mass is 564 g/mol. The fraction of sp³-hybridized carbons (Fsp3) is 0.192. The van der Waals surface area contributed by atoms with Crippen LogP contribution in [0.1, 0.15) is 62.2 Å². The lowest BCUT2D eigenvalue weighted by atomic mass is 9.93. The molecular weight excluding hydrogens is 547 g/mol. The van der Waals surface area contributed by atoms with Gasteiger partial charge in [-0.1, -0.05) is 11.6 Å². The fourth-order valence-electron chi connectivity index (χ4n) is 4.82. The van der Waals surface area contributed by atoms with Gasteiger partial charge in [0.15, 0.2) is 0 Å². The van der Waals surface area contributed by atoms with Crippen LogP contribution in [-0.4, -0.2) is 26.7 Å². The molecule has 39 heavy (non-hydrogen) atoms. The summed E-state index contributed by atoms with van der Waals surface area (Å²) in [6, 6.07) is 5.20. The van der Waals surface area contributed by atoms with Crippen LogP contribution >= 0.6 is 11.6 Å². The first-order chi connectivity index (χ1) is 18.3. The topological polar surface area (TPSA) is 96.2 Å². The summed E-state index contributed by atoms with van der Waals surface area (Å²) in [6.45, 7) is 1.46. The minimum atomic E-state index is -4.91. The molecule has 0 bridgehead atoms. The Morgan fingerprint density at radius 3 is 2.54 bits per heavy atom. The van der Waals surface area contributed by atoms with Crippen molar-refractivity contribution in [2.24, 2.45) is 7.05 Å². The number of amides is 2. The van der Waals surface area contributed by atoms with Gasteiger partial charge in [0, 0.05) is 39.8 Å². The van der Waals surface area contributed by atoms with E-state index in [9.17, 15) is 36.6 Å². The molecule has 1 aliphatic rings. The van der Waals surface area contributed by atoms with Crippen LogP contribution in [0.2, 0.25) is 5.02 Å². The largest absolute Gasteiger partial charge is 0.416 e. The number of aliphatic hydroxyl groups is 1. The number of nitrogens with one attached hydrogen (secondary N) is 2. The van der Waals surface area contributed by atoms with Crippen LogP contribution in [0.4, 0.5) is 27.6 Å². The Morgan fingerprint density at radius 2 is 1.87 bits per heavy atom. The van der Waals surface area contributed by atoms with Gasteiger partial charge in [0.05, 0.1) is 29.0 Å². The molecule has 2 atom stereocenters. The lowest BCUT2D eigenvalue weighted by Crippen LogP contribution is -2.21. The predicted octanol–water partition coefficient (Wildman–Crippen LogP) is 5.66. The van der Waals surface area contributed by atoms with Gasteiger partial charge in [-0.25, -0.2) is 8.78 Å². The molecule has 1 aromatic heterocycles. The molecule has 2 heterocycles. The van der Waals surface area contributed by atoms with Crippen molar-refractivity contribution >= 4 is 40.0 Å². The molecule has 1 aliphatic heterocycles. The average molecular weight is 565 g/mol. The first-order valence-electron chi connectivity index (χ1n) is 11.4. The number of alkyl halides is 3. The summed E-state index contributed by atoms with van der Waals surface area (Å²) >= 11 is 6.30. The second kappa shape index (κ2) is 9.31. The lowest BCUT2D eigenvalue weighted by molar-refractivity contribution is -0.137. The van der Waals surface area contributed by atoms with E-state index in [1.807, 2.05) is 0 Å². The maximum absolute atomic E-state index is 14.2. The molecule has 3 aromatic carbocycles. The predicted molar refractivity (Wildman–Crippen MR) is 131 cm³/mol. The van der Waals surface area contributed by atoms with Gasteiger partial charge < -0.3 is 15.7 Å². The van der Waals surface area contributed by atoms with Crippen molar-refractivity contribution in [3.05, 3.63) is 92.6 Å². The third-order valence-corrected chi connectivity index (χ3v) is 6.75. The van der Waals surface area contributed by atoms with Gasteiger partial charge in [0.25, 0.3) is 11.8 Å². The van der Waals surface area contributed by atoms with E-state index in [1.165, 1.54) is 30.8 Å². The zero-order chi connectivity index (χ0) is 28.4. The van der Waals surface area contributed by atoms with E-state index in [0.29, 0.717) is 12.1 Å².